The van der Waals surface area contributed by atoms with Crippen molar-refractivity contribution in [3.8, 4) is 6.07 Å². The summed E-state index contributed by atoms with van der Waals surface area (Å²) in [5, 5.41) is 9.11. The summed E-state index contributed by atoms with van der Waals surface area (Å²) < 4.78 is 4.86. The Morgan fingerprint density at radius 1 is 1.80 bits per heavy atom. The second kappa shape index (κ2) is 3.28. The number of thiol groups is 1. The molecule has 0 unspecified atom stereocenters. The van der Waals surface area contributed by atoms with Crippen LogP contribution in [0.1, 0.15) is 5.56 Å². The number of hydrogen-bond donors (Lipinski definition) is 1. The fourth-order valence-corrected chi connectivity index (χ4v) is 2.19. The smallest absolute Gasteiger partial charge is 0.126 e. The van der Waals surface area contributed by atoms with Crippen LogP contribution < -0.4 is 0 Å². The molecule has 0 aliphatic rings. The van der Waals surface area contributed by atoms with E-state index < -0.39 is 0 Å². The topological polar surface area (TPSA) is 36.7 Å². The van der Waals surface area contributed by atoms with Crippen molar-refractivity contribution in [1.82, 2.24) is 4.37 Å². The molecule has 1 rings (SSSR count). The fourth-order valence-electron chi connectivity index (χ4n) is 0.502. The van der Waals surface area contributed by atoms with Gasteiger partial charge in [-0.25, -0.2) is 0 Å². The van der Waals surface area contributed by atoms with Gasteiger partial charge in [-0.15, -0.1) is 24.4 Å². The number of nitriles is 1. The standard InChI is InChI=1S/C5H4N2S3/c1-9-5-3(2-6)4(8)7-10-5/h1H3,(H,7,8). The first-order chi connectivity index (χ1) is 4.79. The Labute approximate surface area is 72.8 Å². The lowest BCUT2D eigenvalue weighted by molar-refractivity contribution is 1.24. The summed E-state index contributed by atoms with van der Waals surface area (Å²) in [6.07, 6.45) is 1.92. The third kappa shape index (κ3) is 1.29. The molecule has 2 nitrogen and oxygen atoms in total. The van der Waals surface area contributed by atoms with E-state index in [-0.39, 0.29) is 0 Å². The molecular formula is C5H4N2S3. The maximum Gasteiger partial charge on any atom is 0.126 e. The van der Waals surface area contributed by atoms with Crippen molar-refractivity contribution in [2.75, 3.05) is 6.26 Å². The van der Waals surface area contributed by atoms with E-state index in [1.54, 1.807) is 0 Å². The van der Waals surface area contributed by atoms with Crippen molar-refractivity contribution in [1.29, 1.82) is 5.26 Å². The van der Waals surface area contributed by atoms with Gasteiger partial charge in [0.05, 0.1) is 4.21 Å². The Morgan fingerprint density at radius 3 is 2.90 bits per heavy atom. The highest BCUT2D eigenvalue weighted by atomic mass is 32.2. The van der Waals surface area contributed by atoms with Crippen LogP contribution >= 0.6 is 35.9 Å². The molecule has 0 aromatic carbocycles. The summed E-state index contributed by atoms with van der Waals surface area (Å²) in [4.78, 5) is 0. The summed E-state index contributed by atoms with van der Waals surface area (Å²) in [5.74, 6) is 0. The second-order valence-electron chi connectivity index (χ2n) is 1.48. The highest BCUT2D eigenvalue weighted by Gasteiger charge is 2.08. The number of nitrogens with zero attached hydrogens (tertiary/aromatic N) is 2. The third-order valence-corrected chi connectivity index (χ3v) is 3.34. The highest BCUT2D eigenvalue weighted by Crippen LogP contribution is 2.28. The number of rotatable bonds is 1. The van der Waals surface area contributed by atoms with Crippen LogP contribution in [0.2, 0.25) is 0 Å². The quantitative estimate of drug-likeness (QED) is 0.541. The van der Waals surface area contributed by atoms with Crippen molar-refractivity contribution < 1.29 is 0 Å². The lowest BCUT2D eigenvalue weighted by atomic mass is 10.4. The molecule has 1 aromatic heterocycles. The molecule has 0 spiro atoms. The van der Waals surface area contributed by atoms with Gasteiger partial charge < -0.3 is 0 Å². The van der Waals surface area contributed by atoms with Gasteiger partial charge in [0, 0.05) is 0 Å². The molecule has 0 atom stereocenters. The summed E-state index contributed by atoms with van der Waals surface area (Å²) in [7, 11) is 0. The van der Waals surface area contributed by atoms with Gasteiger partial charge >= 0.3 is 0 Å². The lowest BCUT2D eigenvalue weighted by Gasteiger charge is -1.85. The molecule has 10 heavy (non-hydrogen) atoms. The summed E-state index contributed by atoms with van der Waals surface area (Å²) >= 11 is 6.86. The SMILES string of the molecule is CSc1snc(S)c1C#N. The molecule has 52 valence electrons. The average molecular weight is 188 g/mol. The Balaban J connectivity index is 3.17. The van der Waals surface area contributed by atoms with Crippen molar-refractivity contribution in [3.63, 3.8) is 0 Å². The van der Waals surface area contributed by atoms with Crippen molar-refractivity contribution >= 4 is 35.9 Å². The van der Waals surface area contributed by atoms with E-state index in [9.17, 15) is 0 Å². The van der Waals surface area contributed by atoms with Gasteiger partial charge in [0.2, 0.25) is 0 Å². The monoisotopic (exact) mass is 188 g/mol. The van der Waals surface area contributed by atoms with Crippen LogP contribution in [0.4, 0.5) is 0 Å². The summed E-state index contributed by atoms with van der Waals surface area (Å²) in [5.41, 5.74) is 0.598. The van der Waals surface area contributed by atoms with Crippen LogP contribution in [0.25, 0.3) is 0 Å². The largest absolute Gasteiger partial charge is 0.192 e. The predicted octanol–water partition coefficient (Wildman–Crippen LogP) is 2.03. The van der Waals surface area contributed by atoms with Crippen LogP contribution in [0.5, 0.6) is 0 Å². The van der Waals surface area contributed by atoms with E-state index in [2.05, 4.69) is 17.0 Å². The molecule has 0 aliphatic heterocycles. The minimum absolute atomic E-state index is 0.539. The van der Waals surface area contributed by atoms with Crippen LogP contribution in [0.15, 0.2) is 9.24 Å². The maximum atomic E-state index is 8.57. The van der Waals surface area contributed by atoms with Crippen LogP contribution in [0.3, 0.4) is 0 Å². The normalized spacial score (nSPS) is 9.30. The number of hydrogen-bond acceptors (Lipinski definition) is 5. The maximum absolute atomic E-state index is 8.57. The van der Waals surface area contributed by atoms with Crippen LogP contribution in [-0.4, -0.2) is 10.6 Å². The van der Waals surface area contributed by atoms with Crippen LogP contribution in [-0.2, 0) is 0 Å². The Morgan fingerprint density at radius 2 is 2.50 bits per heavy atom. The summed E-state index contributed by atoms with van der Waals surface area (Å²) in [6.45, 7) is 0. The molecule has 0 N–H and O–H groups in total. The van der Waals surface area contributed by atoms with E-state index in [4.69, 9.17) is 5.26 Å². The molecular weight excluding hydrogens is 184 g/mol. The van der Waals surface area contributed by atoms with Crippen molar-refractivity contribution in [2.24, 2.45) is 0 Å². The molecule has 5 heteroatoms. The summed E-state index contributed by atoms with van der Waals surface area (Å²) in [6, 6.07) is 2.05. The first-order valence-electron chi connectivity index (χ1n) is 2.42. The minimum atomic E-state index is 0.539. The van der Waals surface area contributed by atoms with Gasteiger partial charge in [0.1, 0.15) is 16.7 Å². The van der Waals surface area contributed by atoms with Crippen molar-refractivity contribution in [3.05, 3.63) is 5.56 Å². The molecule has 0 amide bonds. The van der Waals surface area contributed by atoms with Gasteiger partial charge in [-0.2, -0.15) is 9.64 Å². The minimum Gasteiger partial charge on any atom is -0.192 e. The number of thioether (sulfide) groups is 1. The first-order valence-corrected chi connectivity index (χ1v) is 4.87. The van der Waals surface area contributed by atoms with Gasteiger partial charge in [0.25, 0.3) is 0 Å². The van der Waals surface area contributed by atoms with Crippen molar-refractivity contribution in [2.45, 2.75) is 9.24 Å². The molecule has 0 saturated heterocycles. The lowest BCUT2D eigenvalue weighted by Crippen LogP contribution is -1.71. The van der Waals surface area contributed by atoms with Gasteiger partial charge in [-0.3, -0.25) is 0 Å². The molecule has 1 aromatic rings. The zero-order chi connectivity index (χ0) is 7.56. The van der Waals surface area contributed by atoms with Gasteiger partial charge in [-0.1, -0.05) is 0 Å². The Bertz CT molecular complexity index is 273. The fraction of sp³-hybridized carbons (Fsp3) is 0.200. The highest BCUT2D eigenvalue weighted by molar-refractivity contribution is 8.00. The molecule has 0 fully saturated rings. The van der Waals surface area contributed by atoms with E-state index in [1.165, 1.54) is 23.3 Å². The Hall–Kier alpha value is -0.180. The second-order valence-corrected chi connectivity index (χ2v) is 3.76. The molecule has 0 aliphatic carbocycles. The van der Waals surface area contributed by atoms with Gasteiger partial charge in [-0.05, 0) is 17.8 Å². The van der Waals surface area contributed by atoms with Gasteiger partial charge in [0.15, 0.2) is 0 Å². The van der Waals surface area contributed by atoms with E-state index in [0.717, 1.165) is 4.21 Å². The number of aromatic nitrogens is 1. The Kier molecular flexibility index (Phi) is 2.60. The molecule has 0 saturated carbocycles. The molecule has 0 bridgehead atoms. The molecule has 0 radical (unpaired) electrons. The third-order valence-electron chi connectivity index (χ3n) is 0.940. The predicted molar refractivity (Wildman–Crippen MR) is 45.9 cm³/mol. The first kappa shape index (κ1) is 7.92. The van der Waals surface area contributed by atoms with E-state index >= 15 is 0 Å². The van der Waals surface area contributed by atoms with E-state index in [1.807, 2.05) is 12.3 Å². The van der Waals surface area contributed by atoms with Crippen LogP contribution in [0, 0.1) is 11.3 Å². The zero-order valence-corrected chi connectivity index (χ0v) is 7.69. The van der Waals surface area contributed by atoms with E-state index in [0.29, 0.717) is 10.6 Å². The average Bonchev–Trinajstić information content (AvgIpc) is 2.30. The zero-order valence-electron chi connectivity index (χ0n) is 5.16. The molecule has 1 heterocycles.